The molecule has 0 aromatic heterocycles. The quantitative estimate of drug-likeness (QED) is 0.481. The van der Waals surface area contributed by atoms with Crippen LogP contribution in [0.4, 0.5) is 0 Å². The maximum Gasteiger partial charge on any atom is 0.266 e. The number of aliphatic hydroxyl groups excluding tert-OH is 1. The highest BCUT2D eigenvalue weighted by Gasteiger charge is 2.50. The van der Waals surface area contributed by atoms with Gasteiger partial charge in [0.2, 0.25) is 5.90 Å². The SMILES string of the molecule is C[C@@H]1OC(c2ccc(OCCCO)cc2)=N[C@]1(Cc1ccc(Br)cc1)C(=O)NN1CCCCC1. The van der Waals surface area contributed by atoms with Crippen molar-refractivity contribution >= 4 is 27.7 Å². The second kappa shape index (κ2) is 11.3. The highest BCUT2D eigenvalue weighted by atomic mass is 79.9. The first kappa shape index (κ1) is 24.7. The summed E-state index contributed by atoms with van der Waals surface area (Å²) in [5.41, 5.74) is 3.87. The van der Waals surface area contributed by atoms with Gasteiger partial charge in [0.1, 0.15) is 11.9 Å². The van der Waals surface area contributed by atoms with Crippen LogP contribution in [-0.2, 0) is 16.0 Å². The Hall–Kier alpha value is -2.42. The fourth-order valence-corrected chi connectivity index (χ4v) is 4.57. The third kappa shape index (κ3) is 5.79. The Kier molecular flexibility index (Phi) is 8.24. The third-order valence-corrected chi connectivity index (χ3v) is 6.86. The van der Waals surface area contributed by atoms with Gasteiger partial charge in [0.05, 0.1) is 6.61 Å². The van der Waals surface area contributed by atoms with Gasteiger partial charge in [-0.2, -0.15) is 0 Å². The number of hydrogen-bond donors (Lipinski definition) is 2. The second-order valence-electron chi connectivity index (χ2n) is 8.84. The minimum atomic E-state index is -1.07. The molecule has 4 rings (SSSR count). The molecule has 182 valence electrons. The van der Waals surface area contributed by atoms with Gasteiger partial charge >= 0.3 is 0 Å². The molecule has 34 heavy (non-hydrogen) atoms. The summed E-state index contributed by atoms with van der Waals surface area (Å²) in [6.45, 7) is 4.17. The number of piperidine rings is 1. The molecule has 0 aliphatic carbocycles. The summed E-state index contributed by atoms with van der Waals surface area (Å²) in [5.74, 6) is 1.04. The van der Waals surface area contributed by atoms with Crippen molar-refractivity contribution in [1.82, 2.24) is 10.4 Å². The molecule has 1 amide bonds. The lowest BCUT2D eigenvalue weighted by Crippen LogP contribution is -2.57. The van der Waals surface area contributed by atoms with Gasteiger partial charge in [-0.3, -0.25) is 10.2 Å². The number of halogens is 1. The fraction of sp³-hybridized carbons (Fsp3) is 0.462. The number of aliphatic hydroxyl groups is 1. The van der Waals surface area contributed by atoms with E-state index in [-0.39, 0.29) is 12.5 Å². The van der Waals surface area contributed by atoms with E-state index in [1.807, 2.05) is 60.5 Å². The lowest BCUT2D eigenvalue weighted by Gasteiger charge is -2.33. The van der Waals surface area contributed by atoms with Crippen LogP contribution in [0, 0.1) is 0 Å². The monoisotopic (exact) mass is 529 g/mol. The highest BCUT2D eigenvalue weighted by Crippen LogP contribution is 2.33. The largest absolute Gasteiger partial charge is 0.494 e. The van der Waals surface area contributed by atoms with Crippen LogP contribution >= 0.6 is 15.9 Å². The van der Waals surface area contributed by atoms with Crippen molar-refractivity contribution in [3.8, 4) is 5.75 Å². The number of nitrogens with zero attached hydrogens (tertiary/aromatic N) is 2. The molecule has 0 unspecified atom stereocenters. The van der Waals surface area contributed by atoms with Gasteiger partial charge in [-0.05, 0) is 61.7 Å². The fourth-order valence-electron chi connectivity index (χ4n) is 4.30. The molecule has 0 spiro atoms. The maximum absolute atomic E-state index is 13.7. The molecule has 8 heteroatoms. The molecular formula is C26H32BrN3O4. The normalized spacial score (nSPS) is 22.7. The molecule has 2 aliphatic heterocycles. The summed E-state index contributed by atoms with van der Waals surface area (Å²) in [4.78, 5) is 18.6. The molecule has 7 nitrogen and oxygen atoms in total. The number of benzene rings is 2. The Morgan fingerprint density at radius 2 is 1.88 bits per heavy atom. The van der Waals surface area contributed by atoms with Gasteiger partial charge < -0.3 is 14.6 Å². The van der Waals surface area contributed by atoms with Crippen LogP contribution in [0.15, 0.2) is 58.0 Å². The van der Waals surface area contributed by atoms with Crippen molar-refractivity contribution in [2.45, 2.75) is 50.7 Å². The Morgan fingerprint density at radius 3 is 2.56 bits per heavy atom. The van der Waals surface area contributed by atoms with E-state index in [1.165, 1.54) is 6.42 Å². The molecule has 2 heterocycles. The molecule has 2 aromatic rings. The van der Waals surface area contributed by atoms with E-state index < -0.39 is 11.6 Å². The predicted molar refractivity (Wildman–Crippen MR) is 135 cm³/mol. The average Bonchev–Trinajstić information content (AvgIpc) is 3.19. The Morgan fingerprint density at radius 1 is 1.18 bits per heavy atom. The topological polar surface area (TPSA) is 83.4 Å². The third-order valence-electron chi connectivity index (χ3n) is 6.33. The van der Waals surface area contributed by atoms with Crippen LogP contribution in [0.2, 0.25) is 0 Å². The van der Waals surface area contributed by atoms with Gasteiger partial charge in [0, 0.05) is 42.6 Å². The number of amides is 1. The van der Waals surface area contributed by atoms with Crippen molar-refractivity contribution < 1.29 is 19.4 Å². The van der Waals surface area contributed by atoms with Crippen LogP contribution < -0.4 is 10.2 Å². The minimum absolute atomic E-state index is 0.0978. The molecule has 0 radical (unpaired) electrons. The summed E-state index contributed by atoms with van der Waals surface area (Å²) >= 11 is 3.48. The molecule has 1 saturated heterocycles. The molecule has 2 aromatic carbocycles. The molecule has 0 saturated carbocycles. The van der Waals surface area contributed by atoms with Crippen molar-refractivity contribution in [3.63, 3.8) is 0 Å². The van der Waals surface area contributed by atoms with E-state index in [1.54, 1.807) is 0 Å². The van der Waals surface area contributed by atoms with Crippen molar-refractivity contribution in [2.75, 3.05) is 26.3 Å². The smallest absolute Gasteiger partial charge is 0.266 e. The van der Waals surface area contributed by atoms with Crippen molar-refractivity contribution in [1.29, 1.82) is 0 Å². The number of aliphatic imine (C=N–C) groups is 1. The number of carbonyl (C=O) groups is 1. The zero-order valence-electron chi connectivity index (χ0n) is 19.5. The molecule has 0 bridgehead atoms. The predicted octanol–water partition coefficient (Wildman–Crippen LogP) is 3.87. The van der Waals surface area contributed by atoms with Crippen LogP contribution in [-0.4, -0.2) is 59.9 Å². The van der Waals surface area contributed by atoms with Crippen molar-refractivity contribution in [2.24, 2.45) is 4.99 Å². The zero-order chi connectivity index (χ0) is 24.0. The number of rotatable bonds is 9. The number of hydrazine groups is 1. The van der Waals surface area contributed by atoms with Gasteiger partial charge in [0.25, 0.3) is 5.91 Å². The summed E-state index contributed by atoms with van der Waals surface area (Å²) in [6, 6.07) is 15.5. The first-order valence-corrected chi connectivity index (χ1v) is 12.7. The minimum Gasteiger partial charge on any atom is -0.494 e. The van der Waals surface area contributed by atoms with E-state index in [9.17, 15) is 4.79 Å². The molecule has 2 N–H and O–H groups in total. The standard InChI is InChI=1S/C26H32BrN3O4/c1-19-26(18-20-6-10-22(27)11-7-20,25(32)29-30-14-3-2-4-15-30)28-24(34-19)21-8-12-23(13-9-21)33-17-5-16-31/h6-13,19,31H,2-5,14-18H2,1H3,(H,29,32)/t19-,26-/m0/s1. The first-order chi connectivity index (χ1) is 16.5. The maximum atomic E-state index is 13.7. The molecule has 1 fully saturated rings. The number of nitrogens with one attached hydrogen (secondary N) is 1. The van der Waals surface area contributed by atoms with E-state index in [0.717, 1.165) is 41.5 Å². The number of carbonyl (C=O) groups excluding carboxylic acids is 1. The van der Waals surface area contributed by atoms with Gasteiger partial charge in [-0.15, -0.1) is 0 Å². The number of hydrogen-bond acceptors (Lipinski definition) is 6. The summed E-state index contributed by atoms with van der Waals surface area (Å²) in [6.07, 6.45) is 3.93. The van der Waals surface area contributed by atoms with Gasteiger partial charge in [-0.1, -0.05) is 34.5 Å². The van der Waals surface area contributed by atoms with Crippen LogP contribution in [0.3, 0.4) is 0 Å². The summed E-state index contributed by atoms with van der Waals surface area (Å²) in [7, 11) is 0. The Bertz CT molecular complexity index is 990. The van der Waals surface area contributed by atoms with Crippen molar-refractivity contribution in [3.05, 3.63) is 64.1 Å². The highest BCUT2D eigenvalue weighted by molar-refractivity contribution is 9.10. The summed E-state index contributed by atoms with van der Waals surface area (Å²) in [5, 5.41) is 10.9. The second-order valence-corrected chi connectivity index (χ2v) is 9.76. The summed E-state index contributed by atoms with van der Waals surface area (Å²) < 4.78 is 12.8. The number of ether oxygens (including phenoxy) is 2. The van der Waals surface area contributed by atoms with Gasteiger partial charge in [0.15, 0.2) is 5.54 Å². The van der Waals surface area contributed by atoms with E-state index in [4.69, 9.17) is 19.6 Å². The van der Waals surface area contributed by atoms with Crippen LogP contribution in [0.25, 0.3) is 0 Å². The zero-order valence-corrected chi connectivity index (χ0v) is 21.1. The molecule has 2 aliphatic rings. The molecule has 2 atom stereocenters. The van der Waals surface area contributed by atoms with Gasteiger partial charge in [-0.25, -0.2) is 10.0 Å². The first-order valence-electron chi connectivity index (χ1n) is 11.9. The lowest BCUT2D eigenvalue weighted by molar-refractivity contribution is -0.134. The lowest BCUT2D eigenvalue weighted by atomic mass is 9.86. The Balaban J connectivity index is 1.59. The average molecular weight is 530 g/mol. The Labute approximate surface area is 209 Å². The van der Waals surface area contributed by atoms with Crippen LogP contribution in [0.1, 0.15) is 43.7 Å². The van der Waals surface area contributed by atoms with Crippen LogP contribution in [0.5, 0.6) is 5.75 Å². The molecular weight excluding hydrogens is 498 g/mol. The van der Waals surface area contributed by atoms with E-state index in [2.05, 4.69) is 21.4 Å². The van der Waals surface area contributed by atoms with E-state index >= 15 is 0 Å². The van der Waals surface area contributed by atoms with E-state index in [0.29, 0.717) is 31.1 Å².